The first-order valence-electron chi connectivity index (χ1n) is 8.85. The third kappa shape index (κ3) is 5.30. The quantitative estimate of drug-likeness (QED) is 0.453. The van der Waals surface area contributed by atoms with E-state index >= 15 is 0 Å². The molecule has 3 N–H and O–H groups in total. The topological polar surface area (TPSA) is 119 Å². The van der Waals surface area contributed by atoms with Crippen molar-refractivity contribution in [2.24, 2.45) is 4.99 Å². The Bertz CT molecular complexity index is 770. The number of rotatable bonds is 7. The second-order valence-corrected chi connectivity index (χ2v) is 6.22. The number of hydrogen-bond acceptors (Lipinski definition) is 6. The van der Waals surface area contributed by atoms with E-state index in [9.17, 15) is 4.79 Å². The molecule has 1 aliphatic rings. The first kappa shape index (κ1) is 18.9. The number of ether oxygens (including phenoxy) is 1. The zero-order valence-corrected chi connectivity index (χ0v) is 15.6. The van der Waals surface area contributed by atoms with Gasteiger partial charge in [-0.15, -0.1) is 0 Å². The highest BCUT2D eigenvalue weighted by Crippen LogP contribution is 2.13. The summed E-state index contributed by atoms with van der Waals surface area (Å²) >= 11 is 0. The maximum atomic E-state index is 11.9. The predicted molar refractivity (Wildman–Crippen MR) is 97.9 cm³/mol. The highest BCUT2D eigenvalue weighted by Gasteiger charge is 2.22. The van der Waals surface area contributed by atoms with E-state index in [-0.39, 0.29) is 18.5 Å². The lowest BCUT2D eigenvalue weighted by Gasteiger charge is -2.25. The van der Waals surface area contributed by atoms with Gasteiger partial charge in [-0.3, -0.25) is 9.79 Å². The van der Waals surface area contributed by atoms with E-state index in [2.05, 4.69) is 31.0 Å². The minimum absolute atomic E-state index is 0.125. The van der Waals surface area contributed by atoms with E-state index in [0.717, 1.165) is 18.7 Å². The lowest BCUT2D eigenvalue weighted by molar-refractivity contribution is -0.120. The van der Waals surface area contributed by atoms with Crippen LogP contribution in [0.25, 0.3) is 0 Å². The highest BCUT2D eigenvalue weighted by atomic mass is 16.5. The maximum absolute atomic E-state index is 11.9. The summed E-state index contributed by atoms with van der Waals surface area (Å²) in [4.78, 5) is 20.6. The molecule has 10 heteroatoms. The number of nitrogens with zero attached hydrogens (tertiary/aromatic N) is 4. The Labute approximate surface area is 157 Å². The van der Waals surface area contributed by atoms with Crippen LogP contribution in [-0.4, -0.2) is 53.4 Å². The van der Waals surface area contributed by atoms with Gasteiger partial charge in [0.05, 0.1) is 25.9 Å². The Morgan fingerprint density at radius 1 is 1.48 bits per heavy atom. The first-order chi connectivity index (χ1) is 13.2. The summed E-state index contributed by atoms with van der Waals surface area (Å²) in [5, 5.41) is 13.6. The number of aliphatic imine (C=N–C) groups is 1. The Morgan fingerprint density at radius 3 is 3.11 bits per heavy atom. The summed E-state index contributed by atoms with van der Waals surface area (Å²) < 4.78 is 12.2. The summed E-state index contributed by atoms with van der Waals surface area (Å²) in [7, 11) is 3.31. The second kappa shape index (κ2) is 9.17. The number of furan rings is 1. The van der Waals surface area contributed by atoms with E-state index in [1.54, 1.807) is 26.5 Å². The molecule has 0 aromatic carbocycles. The van der Waals surface area contributed by atoms with Crippen molar-refractivity contribution >= 4 is 11.9 Å². The van der Waals surface area contributed by atoms with Crippen molar-refractivity contribution in [3.63, 3.8) is 0 Å². The van der Waals surface area contributed by atoms with Gasteiger partial charge in [-0.25, -0.2) is 9.67 Å². The molecular weight excluding hydrogens is 350 g/mol. The largest absolute Gasteiger partial charge is 0.467 e. The van der Waals surface area contributed by atoms with Crippen LogP contribution >= 0.6 is 0 Å². The van der Waals surface area contributed by atoms with Gasteiger partial charge in [0, 0.05) is 26.6 Å². The van der Waals surface area contributed by atoms with Gasteiger partial charge in [0.25, 0.3) is 0 Å². The Hall–Kier alpha value is -2.88. The van der Waals surface area contributed by atoms with Crippen LogP contribution in [0.3, 0.4) is 0 Å². The zero-order chi connectivity index (χ0) is 19.1. The molecule has 27 heavy (non-hydrogen) atoms. The number of nitrogens with one attached hydrogen (secondary N) is 3. The van der Waals surface area contributed by atoms with Crippen molar-refractivity contribution in [1.29, 1.82) is 0 Å². The molecule has 0 aliphatic carbocycles. The number of amides is 1. The van der Waals surface area contributed by atoms with E-state index in [4.69, 9.17) is 9.15 Å². The summed E-state index contributed by atoms with van der Waals surface area (Å²) in [5.41, 5.74) is 0. The van der Waals surface area contributed by atoms with Crippen LogP contribution in [0.4, 0.5) is 0 Å². The lowest BCUT2D eigenvalue weighted by Crippen LogP contribution is -2.49. The minimum atomic E-state index is -0.138. The molecule has 10 nitrogen and oxygen atoms in total. The molecule has 1 atom stereocenters. The molecule has 3 heterocycles. The third-order valence-electron chi connectivity index (χ3n) is 4.20. The Kier molecular flexibility index (Phi) is 6.42. The van der Waals surface area contributed by atoms with Crippen LogP contribution in [0.5, 0.6) is 0 Å². The summed E-state index contributed by atoms with van der Waals surface area (Å²) in [6.45, 7) is 1.59. The van der Waals surface area contributed by atoms with Gasteiger partial charge in [0.2, 0.25) is 5.91 Å². The van der Waals surface area contributed by atoms with Gasteiger partial charge in [-0.2, -0.15) is 5.10 Å². The zero-order valence-electron chi connectivity index (χ0n) is 15.6. The molecule has 2 aromatic rings. The van der Waals surface area contributed by atoms with Crippen molar-refractivity contribution in [1.82, 2.24) is 30.7 Å². The van der Waals surface area contributed by atoms with Crippen LogP contribution in [0.1, 0.15) is 23.8 Å². The average molecular weight is 375 g/mol. The van der Waals surface area contributed by atoms with Crippen LogP contribution in [0, 0.1) is 0 Å². The molecule has 1 aliphatic heterocycles. The highest BCUT2D eigenvalue weighted by molar-refractivity contribution is 5.86. The fourth-order valence-corrected chi connectivity index (χ4v) is 2.88. The van der Waals surface area contributed by atoms with Gasteiger partial charge < -0.3 is 25.1 Å². The molecule has 0 bridgehead atoms. The van der Waals surface area contributed by atoms with Crippen molar-refractivity contribution in [2.45, 2.75) is 38.6 Å². The molecule has 2 aromatic heterocycles. The van der Waals surface area contributed by atoms with Gasteiger partial charge in [-0.1, -0.05) is 0 Å². The standard InChI is InChI=1S/C17H25N7O3/c1-18-17(20-9-16(25)19-8-13-4-3-7-27-13)21-12-5-6-15-22-14(11-26-2)23-24(15)10-12/h3-4,7,12H,5-6,8-11H2,1-2H3,(H,19,25)(H2,18,20,21). The van der Waals surface area contributed by atoms with Crippen molar-refractivity contribution in [3.8, 4) is 0 Å². The number of carbonyl (C=O) groups excluding carboxylic acids is 1. The summed E-state index contributed by atoms with van der Waals surface area (Å²) in [6.07, 6.45) is 3.32. The molecule has 0 fully saturated rings. The van der Waals surface area contributed by atoms with Crippen molar-refractivity contribution in [3.05, 3.63) is 35.8 Å². The van der Waals surface area contributed by atoms with Gasteiger partial charge in [-0.05, 0) is 18.6 Å². The minimum Gasteiger partial charge on any atom is -0.467 e. The number of guanidine groups is 1. The molecule has 0 spiro atoms. The van der Waals surface area contributed by atoms with E-state index in [1.165, 1.54) is 0 Å². The molecular formula is C17H25N7O3. The molecule has 0 saturated carbocycles. The second-order valence-electron chi connectivity index (χ2n) is 6.22. The summed E-state index contributed by atoms with van der Waals surface area (Å²) in [6, 6.07) is 3.76. The molecule has 0 radical (unpaired) electrons. The average Bonchev–Trinajstić information content (AvgIpc) is 3.32. The van der Waals surface area contributed by atoms with Gasteiger partial charge in [0.1, 0.15) is 18.2 Å². The number of carbonyl (C=O) groups is 1. The first-order valence-corrected chi connectivity index (χ1v) is 8.85. The number of aryl methyl sites for hydroxylation is 1. The Morgan fingerprint density at radius 2 is 2.37 bits per heavy atom. The number of aromatic nitrogens is 3. The van der Waals surface area contributed by atoms with E-state index in [1.807, 2.05) is 10.7 Å². The number of fused-ring (bicyclic) bond motifs is 1. The normalized spacial score (nSPS) is 16.7. The van der Waals surface area contributed by atoms with Gasteiger partial charge in [0.15, 0.2) is 11.8 Å². The van der Waals surface area contributed by atoms with Crippen molar-refractivity contribution < 1.29 is 13.9 Å². The maximum Gasteiger partial charge on any atom is 0.239 e. The van der Waals surface area contributed by atoms with E-state index in [0.29, 0.717) is 37.2 Å². The van der Waals surface area contributed by atoms with Crippen LogP contribution in [-0.2, 0) is 35.6 Å². The number of methoxy groups -OCH3 is 1. The fraction of sp³-hybridized carbons (Fsp3) is 0.529. The molecule has 146 valence electrons. The smallest absolute Gasteiger partial charge is 0.239 e. The van der Waals surface area contributed by atoms with Crippen LogP contribution in [0.2, 0.25) is 0 Å². The van der Waals surface area contributed by atoms with Gasteiger partial charge >= 0.3 is 0 Å². The molecule has 0 saturated heterocycles. The SMILES string of the molecule is CN=C(NCC(=O)NCc1ccco1)NC1CCc2nc(COC)nn2C1. The van der Waals surface area contributed by atoms with Crippen molar-refractivity contribution in [2.75, 3.05) is 20.7 Å². The monoisotopic (exact) mass is 375 g/mol. The van der Waals surface area contributed by atoms with Crippen LogP contribution < -0.4 is 16.0 Å². The molecule has 1 amide bonds. The summed E-state index contributed by atoms with van der Waals surface area (Å²) in [5.74, 6) is 2.82. The predicted octanol–water partition coefficient (Wildman–Crippen LogP) is -0.186. The van der Waals surface area contributed by atoms with Crippen LogP contribution in [0.15, 0.2) is 27.8 Å². The fourth-order valence-electron chi connectivity index (χ4n) is 2.88. The lowest BCUT2D eigenvalue weighted by atomic mass is 10.1. The van der Waals surface area contributed by atoms with E-state index < -0.39 is 0 Å². The molecule has 3 rings (SSSR count). The number of hydrogen-bond donors (Lipinski definition) is 3. The molecule has 1 unspecified atom stereocenters. The Balaban J connectivity index is 1.44. The third-order valence-corrected chi connectivity index (χ3v) is 4.20.